The summed E-state index contributed by atoms with van der Waals surface area (Å²) in [5, 5.41) is 3.99. The molecule has 0 saturated heterocycles. The van der Waals surface area contributed by atoms with Gasteiger partial charge in [-0.05, 0) is 37.8 Å². The molecule has 8 heteroatoms. The van der Waals surface area contributed by atoms with E-state index in [2.05, 4.69) is 15.3 Å². The third kappa shape index (κ3) is 3.59. The summed E-state index contributed by atoms with van der Waals surface area (Å²) in [6, 6.07) is 1.81. The number of esters is 1. The van der Waals surface area contributed by atoms with Crippen LogP contribution in [0.1, 0.15) is 32.9 Å². The first-order valence-electron chi connectivity index (χ1n) is 7.53. The predicted octanol–water partition coefficient (Wildman–Crippen LogP) is 2.85. The van der Waals surface area contributed by atoms with E-state index in [0.717, 1.165) is 30.5 Å². The Morgan fingerprint density at radius 2 is 2.25 bits per heavy atom. The zero-order chi connectivity index (χ0) is 17.1. The van der Waals surface area contributed by atoms with Crippen LogP contribution in [0.3, 0.4) is 0 Å². The Kier molecular flexibility index (Phi) is 5.15. The molecule has 126 valence electrons. The van der Waals surface area contributed by atoms with Crippen molar-refractivity contribution >= 4 is 40.0 Å². The number of aromatic nitrogens is 2. The molecule has 0 atom stereocenters. The van der Waals surface area contributed by atoms with Crippen molar-refractivity contribution in [2.45, 2.75) is 31.3 Å². The maximum Gasteiger partial charge on any atom is 0.341 e. The minimum atomic E-state index is -0.389. The molecule has 2 aromatic heterocycles. The number of anilines is 1. The maximum atomic E-state index is 12.2. The first-order valence-corrected chi connectivity index (χ1v) is 9.34. The minimum absolute atomic E-state index is 0.185. The summed E-state index contributed by atoms with van der Waals surface area (Å²) in [6.45, 7) is 1.88. The lowest BCUT2D eigenvalue weighted by atomic mass is 10.1. The van der Waals surface area contributed by atoms with E-state index in [4.69, 9.17) is 4.74 Å². The Morgan fingerprint density at radius 1 is 1.42 bits per heavy atom. The maximum absolute atomic E-state index is 12.2. The summed E-state index contributed by atoms with van der Waals surface area (Å²) >= 11 is 2.74. The number of thiophene rings is 1. The van der Waals surface area contributed by atoms with Crippen molar-refractivity contribution in [2.24, 2.45) is 0 Å². The van der Waals surface area contributed by atoms with E-state index in [9.17, 15) is 9.59 Å². The summed E-state index contributed by atoms with van der Waals surface area (Å²) in [5.74, 6) is -0.387. The molecule has 2 heterocycles. The monoisotopic (exact) mass is 363 g/mol. The highest BCUT2D eigenvalue weighted by atomic mass is 32.2. The van der Waals surface area contributed by atoms with Crippen LogP contribution >= 0.6 is 23.1 Å². The second-order valence-electron chi connectivity index (χ2n) is 5.37. The van der Waals surface area contributed by atoms with Gasteiger partial charge in [-0.15, -0.1) is 11.3 Å². The molecule has 0 spiro atoms. The van der Waals surface area contributed by atoms with Crippen LogP contribution in [-0.2, 0) is 22.4 Å². The largest absolute Gasteiger partial charge is 0.465 e. The van der Waals surface area contributed by atoms with Crippen LogP contribution in [0.2, 0.25) is 0 Å². The molecule has 1 aliphatic rings. The van der Waals surface area contributed by atoms with Crippen LogP contribution in [0.4, 0.5) is 5.00 Å². The van der Waals surface area contributed by atoms with E-state index in [1.807, 2.05) is 6.92 Å². The fourth-order valence-electron chi connectivity index (χ4n) is 2.60. The van der Waals surface area contributed by atoms with Gasteiger partial charge < -0.3 is 10.1 Å². The van der Waals surface area contributed by atoms with E-state index in [-0.39, 0.29) is 17.6 Å². The standard InChI is InChI=1S/C16H17N3O3S2/c1-9-6-7-17-16(18-9)23-8-12(20)19-14-13(15(21)22-2)10-4-3-5-11(10)24-14/h6-7H,3-5,8H2,1-2H3,(H,19,20). The van der Waals surface area contributed by atoms with Gasteiger partial charge in [0.15, 0.2) is 5.16 Å². The lowest BCUT2D eigenvalue weighted by Gasteiger charge is -2.06. The number of fused-ring (bicyclic) bond motifs is 1. The van der Waals surface area contributed by atoms with Gasteiger partial charge in [0, 0.05) is 16.8 Å². The zero-order valence-corrected chi connectivity index (χ0v) is 15.1. The van der Waals surface area contributed by atoms with Gasteiger partial charge in [-0.25, -0.2) is 14.8 Å². The van der Waals surface area contributed by atoms with Gasteiger partial charge in [0.05, 0.1) is 18.4 Å². The molecule has 0 bridgehead atoms. The van der Waals surface area contributed by atoms with Gasteiger partial charge in [0.25, 0.3) is 0 Å². The highest BCUT2D eigenvalue weighted by molar-refractivity contribution is 7.99. The van der Waals surface area contributed by atoms with Gasteiger partial charge in [-0.2, -0.15) is 0 Å². The SMILES string of the molecule is COC(=O)c1c(NC(=O)CSc2nccc(C)n2)sc2c1CCC2. The van der Waals surface area contributed by atoms with Crippen LogP contribution in [0.5, 0.6) is 0 Å². The second kappa shape index (κ2) is 7.31. The molecule has 2 aromatic rings. The lowest BCUT2D eigenvalue weighted by Crippen LogP contribution is -2.16. The summed E-state index contributed by atoms with van der Waals surface area (Å²) in [6.07, 6.45) is 4.52. The number of hydrogen-bond donors (Lipinski definition) is 1. The van der Waals surface area contributed by atoms with Crippen LogP contribution in [0.15, 0.2) is 17.4 Å². The fourth-order valence-corrected chi connectivity index (χ4v) is 4.57. The van der Waals surface area contributed by atoms with E-state index in [0.29, 0.717) is 15.7 Å². The molecule has 24 heavy (non-hydrogen) atoms. The van der Waals surface area contributed by atoms with E-state index < -0.39 is 0 Å². The normalized spacial score (nSPS) is 12.8. The number of carbonyl (C=O) groups excluding carboxylic acids is 2. The van der Waals surface area contributed by atoms with Gasteiger partial charge in [0.1, 0.15) is 5.00 Å². The number of thioether (sulfide) groups is 1. The molecule has 0 aliphatic heterocycles. The van der Waals surface area contributed by atoms with Gasteiger partial charge in [-0.3, -0.25) is 4.79 Å². The highest BCUT2D eigenvalue weighted by Gasteiger charge is 2.27. The number of carbonyl (C=O) groups is 2. The molecule has 3 rings (SSSR count). The highest BCUT2D eigenvalue weighted by Crippen LogP contribution is 2.39. The molecule has 0 radical (unpaired) electrons. The molecule has 1 N–H and O–H groups in total. The van der Waals surface area contributed by atoms with Crippen molar-refractivity contribution in [3.05, 3.63) is 34.0 Å². The molecular weight excluding hydrogens is 346 g/mol. The van der Waals surface area contributed by atoms with Crippen molar-refractivity contribution in [1.29, 1.82) is 0 Å². The van der Waals surface area contributed by atoms with Crippen LogP contribution < -0.4 is 5.32 Å². The summed E-state index contributed by atoms with van der Waals surface area (Å²) in [4.78, 5) is 33.8. The Morgan fingerprint density at radius 3 is 3.00 bits per heavy atom. The van der Waals surface area contributed by atoms with Gasteiger partial charge in [0.2, 0.25) is 5.91 Å². The van der Waals surface area contributed by atoms with Crippen molar-refractivity contribution in [3.63, 3.8) is 0 Å². The number of nitrogens with zero attached hydrogens (tertiary/aromatic N) is 2. The van der Waals surface area contributed by atoms with Crippen molar-refractivity contribution in [1.82, 2.24) is 9.97 Å². The van der Waals surface area contributed by atoms with Crippen molar-refractivity contribution in [3.8, 4) is 0 Å². The quantitative estimate of drug-likeness (QED) is 0.500. The average Bonchev–Trinajstić information content (AvgIpc) is 3.13. The Labute approximate surface area is 148 Å². The number of nitrogens with one attached hydrogen (secondary N) is 1. The third-order valence-corrected chi connectivity index (χ3v) is 5.74. The Bertz CT molecular complexity index is 789. The Balaban J connectivity index is 1.69. The topological polar surface area (TPSA) is 81.2 Å². The number of aryl methyl sites for hydroxylation is 2. The third-order valence-electron chi connectivity index (χ3n) is 3.67. The minimum Gasteiger partial charge on any atom is -0.465 e. The molecule has 0 fully saturated rings. The molecular formula is C16H17N3O3S2. The van der Waals surface area contributed by atoms with E-state index in [1.54, 1.807) is 12.3 Å². The summed E-state index contributed by atoms with van der Waals surface area (Å²) < 4.78 is 4.88. The molecule has 6 nitrogen and oxygen atoms in total. The van der Waals surface area contributed by atoms with Gasteiger partial charge in [-0.1, -0.05) is 11.8 Å². The first kappa shape index (κ1) is 16.9. The Hall–Kier alpha value is -1.93. The first-order chi connectivity index (χ1) is 11.6. The van der Waals surface area contributed by atoms with Crippen molar-refractivity contribution in [2.75, 3.05) is 18.2 Å². The number of amides is 1. The van der Waals surface area contributed by atoms with Crippen LogP contribution in [0.25, 0.3) is 0 Å². The number of rotatable bonds is 5. The molecule has 1 aliphatic carbocycles. The smallest absolute Gasteiger partial charge is 0.341 e. The second-order valence-corrected chi connectivity index (χ2v) is 7.42. The molecule has 0 saturated carbocycles. The molecule has 1 amide bonds. The molecule has 0 aromatic carbocycles. The fraction of sp³-hybridized carbons (Fsp3) is 0.375. The number of hydrogen-bond acceptors (Lipinski definition) is 7. The van der Waals surface area contributed by atoms with Crippen LogP contribution in [-0.4, -0.2) is 34.7 Å². The van der Waals surface area contributed by atoms with Crippen LogP contribution in [0, 0.1) is 6.92 Å². The number of methoxy groups -OCH3 is 1. The average molecular weight is 363 g/mol. The van der Waals surface area contributed by atoms with E-state index >= 15 is 0 Å². The number of ether oxygens (including phenoxy) is 1. The van der Waals surface area contributed by atoms with Crippen molar-refractivity contribution < 1.29 is 14.3 Å². The summed E-state index contributed by atoms with van der Waals surface area (Å²) in [7, 11) is 1.36. The lowest BCUT2D eigenvalue weighted by molar-refractivity contribution is -0.113. The van der Waals surface area contributed by atoms with Gasteiger partial charge >= 0.3 is 5.97 Å². The molecule has 0 unspecified atom stereocenters. The predicted molar refractivity (Wildman–Crippen MR) is 93.8 cm³/mol. The zero-order valence-electron chi connectivity index (χ0n) is 13.4. The summed E-state index contributed by atoms with van der Waals surface area (Å²) in [5.41, 5.74) is 2.40. The van der Waals surface area contributed by atoms with E-state index in [1.165, 1.54) is 35.1 Å².